The fraction of sp³-hybridized carbons (Fsp3) is 0.133. The second-order valence-corrected chi connectivity index (χ2v) is 4.70. The Morgan fingerprint density at radius 1 is 1.16 bits per heavy atom. The van der Waals surface area contributed by atoms with Gasteiger partial charge in [0.15, 0.2) is 0 Å². The molecule has 2 aromatic rings. The van der Waals surface area contributed by atoms with Crippen LogP contribution in [0.25, 0.3) is 0 Å². The number of phenolic OH excluding ortho intramolecular Hbond substituents is 1. The van der Waals surface area contributed by atoms with Gasteiger partial charge in [0.05, 0.1) is 11.6 Å². The predicted molar refractivity (Wildman–Crippen MR) is 75.4 cm³/mol. The molecule has 98 valence electrons. The minimum absolute atomic E-state index is 0.0247. The summed E-state index contributed by atoms with van der Waals surface area (Å²) in [6.45, 7) is 1.88. The molecule has 1 amide bonds. The van der Waals surface area contributed by atoms with Crippen molar-refractivity contribution in [3.05, 3.63) is 64.7 Å². The maximum absolute atomic E-state index is 12.0. The summed E-state index contributed by atoms with van der Waals surface area (Å²) < 4.78 is 0. The van der Waals surface area contributed by atoms with Gasteiger partial charge in [-0.1, -0.05) is 35.9 Å². The zero-order valence-corrected chi connectivity index (χ0v) is 11.2. The molecule has 3 nitrogen and oxygen atoms in total. The van der Waals surface area contributed by atoms with Crippen LogP contribution in [-0.4, -0.2) is 11.0 Å². The first kappa shape index (κ1) is 13.4. The zero-order chi connectivity index (χ0) is 13.8. The number of halogens is 1. The molecule has 1 atom stereocenters. The van der Waals surface area contributed by atoms with E-state index in [2.05, 4.69) is 5.32 Å². The highest BCUT2D eigenvalue weighted by molar-refractivity contribution is 6.30. The lowest BCUT2D eigenvalue weighted by atomic mass is 10.1. The summed E-state index contributed by atoms with van der Waals surface area (Å²) in [6.07, 6.45) is 0. The monoisotopic (exact) mass is 275 g/mol. The zero-order valence-electron chi connectivity index (χ0n) is 10.4. The topological polar surface area (TPSA) is 49.3 Å². The molecule has 0 bridgehead atoms. The van der Waals surface area contributed by atoms with Crippen LogP contribution in [0, 0.1) is 0 Å². The molecule has 0 aliphatic carbocycles. The SMILES string of the molecule is C[C@H](NC(=O)c1ccccc1O)c1ccc(Cl)cc1. The smallest absolute Gasteiger partial charge is 0.255 e. The van der Waals surface area contributed by atoms with Gasteiger partial charge in [0.25, 0.3) is 5.91 Å². The van der Waals surface area contributed by atoms with Crippen molar-refractivity contribution < 1.29 is 9.90 Å². The summed E-state index contributed by atoms with van der Waals surface area (Å²) >= 11 is 5.82. The number of nitrogens with one attached hydrogen (secondary N) is 1. The first-order valence-corrected chi connectivity index (χ1v) is 6.30. The fourth-order valence-electron chi connectivity index (χ4n) is 1.77. The summed E-state index contributed by atoms with van der Waals surface area (Å²) in [7, 11) is 0. The average molecular weight is 276 g/mol. The molecule has 2 aromatic carbocycles. The molecule has 0 radical (unpaired) electrons. The number of benzene rings is 2. The van der Waals surface area contributed by atoms with Gasteiger partial charge in [-0.25, -0.2) is 0 Å². The molecule has 0 saturated carbocycles. The molecule has 0 saturated heterocycles. The first-order valence-electron chi connectivity index (χ1n) is 5.92. The van der Waals surface area contributed by atoms with Crippen LogP contribution in [-0.2, 0) is 0 Å². The Labute approximate surface area is 116 Å². The van der Waals surface area contributed by atoms with Crippen molar-refractivity contribution in [3.8, 4) is 5.75 Å². The van der Waals surface area contributed by atoms with E-state index in [0.717, 1.165) is 5.56 Å². The number of amides is 1. The number of hydrogen-bond donors (Lipinski definition) is 2. The molecule has 19 heavy (non-hydrogen) atoms. The van der Waals surface area contributed by atoms with E-state index in [1.54, 1.807) is 30.3 Å². The van der Waals surface area contributed by atoms with Crippen molar-refractivity contribution in [3.63, 3.8) is 0 Å². The highest BCUT2D eigenvalue weighted by Gasteiger charge is 2.14. The Hall–Kier alpha value is -2.00. The molecule has 2 rings (SSSR count). The van der Waals surface area contributed by atoms with E-state index in [9.17, 15) is 9.90 Å². The fourth-order valence-corrected chi connectivity index (χ4v) is 1.90. The maximum Gasteiger partial charge on any atom is 0.255 e. The van der Waals surface area contributed by atoms with E-state index < -0.39 is 0 Å². The molecule has 0 aliphatic heterocycles. The molecule has 0 spiro atoms. The van der Waals surface area contributed by atoms with Crippen molar-refractivity contribution >= 4 is 17.5 Å². The van der Waals surface area contributed by atoms with E-state index in [1.165, 1.54) is 6.07 Å². The Balaban J connectivity index is 2.11. The number of rotatable bonds is 3. The number of aromatic hydroxyl groups is 1. The second-order valence-electron chi connectivity index (χ2n) is 4.26. The third-order valence-electron chi connectivity index (χ3n) is 2.87. The van der Waals surface area contributed by atoms with Crippen molar-refractivity contribution in [2.24, 2.45) is 0 Å². The second kappa shape index (κ2) is 5.76. The maximum atomic E-state index is 12.0. The largest absolute Gasteiger partial charge is 0.507 e. The van der Waals surface area contributed by atoms with E-state index in [4.69, 9.17) is 11.6 Å². The van der Waals surface area contributed by atoms with E-state index in [-0.39, 0.29) is 23.3 Å². The molecule has 0 aromatic heterocycles. The average Bonchev–Trinajstić information content (AvgIpc) is 2.39. The van der Waals surface area contributed by atoms with E-state index in [0.29, 0.717) is 5.02 Å². The highest BCUT2D eigenvalue weighted by atomic mass is 35.5. The van der Waals surface area contributed by atoms with Crippen LogP contribution in [0.4, 0.5) is 0 Å². The Morgan fingerprint density at radius 3 is 2.42 bits per heavy atom. The highest BCUT2D eigenvalue weighted by Crippen LogP contribution is 2.19. The van der Waals surface area contributed by atoms with Crippen LogP contribution in [0.5, 0.6) is 5.75 Å². The van der Waals surface area contributed by atoms with Gasteiger partial charge in [0, 0.05) is 5.02 Å². The number of hydrogen-bond acceptors (Lipinski definition) is 2. The standard InChI is InChI=1S/C15H14ClNO2/c1-10(11-6-8-12(16)9-7-11)17-15(19)13-4-2-3-5-14(13)18/h2-10,18H,1H3,(H,17,19)/t10-/m0/s1. The molecule has 0 fully saturated rings. The van der Waals surface area contributed by atoms with Crippen LogP contribution >= 0.6 is 11.6 Å². The molecule has 2 N–H and O–H groups in total. The minimum Gasteiger partial charge on any atom is -0.507 e. The third kappa shape index (κ3) is 3.26. The lowest BCUT2D eigenvalue weighted by molar-refractivity contribution is 0.0937. The van der Waals surface area contributed by atoms with Crippen LogP contribution in [0.1, 0.15) is 28.9 Å². The third-order valence-corrected chi connectivity index (χ3v) is 3.12. The van der Waals surface area contributed by atoms with E-state index in [1.807, 2.05) is 19.1 Å². The molecule has 0 heterocycles. The summed E-state index contributed by atoms with van der Waals surface area (Å²) in [5.74, 6) is -0.330. The van der Waals surface area contributed by atoms with Gasteiger partial charge < -0.3 is 10.4 Å². The minimum atomic E-state index is -0.305. The van der Waals surface area contributed by atoms with Crippen LogP contribution < -0.4 is 5.32 Å². The predicted octanol–water partition coefficient (Wildman–Crippen LogP) is 3.54. The van der Waals surface area contributed by atoms with Gasteiger partial charge in [-0.3, -0.25) is 4.79 Å². The Morgan fingerprint density at radius 2 is 1.79 bits per heavy atom. The van der Waals surface area contributed by atoms with Crippen molar-refractivity contribution in [1.29, 1.82) is 0 Å². The summed E-state index contributed by atoms with van der Waals surface area (Å²) in [5.41, 5.74) is 1.22. The Kier molecular flexibility index (Phi) is 4.07. The lowest BCUT2D eigenvalue weighted by Crippen LogP contribution is -2.26. The summed E-state index contributed by atoms with van der Waals surface area (Å²) in [5, 5.41) is 13.1. The van der Waals surface area contributed by atoms with Gasteiger partial charge in [-0.2, -0.15) is 0 Å². The molecule has 0 aliphatic rings. The van der Waals surface area contributed by atoms with Crippen molar-refractivity contribution in [1.82, 2.24) is 5.32 Å². The summed E-state index contributed by atoms with van der Waals surface area (Å²) in [4.78, 5) is 12.0. The van der Waals surface area contributed by atoms with Crippen LogP contribution in [0.2, 0.25) is 5.02 Å². The van der Waals surface area contributed by atoms with Gasteiger partial charge >= 0.3 is 0 Å². The number of para-hydroxylation sites is 1. The van der Waals surface area contributed by atoms with Crippen molar-refractivity contribution in [2.75, 3.05) is 0 Å². The van der Waals surface area contributed by atoms with Crippen LogP contribution in [0.15, 0.2) is 48.5 Å². The number of phenols is 1. The normalized spacial score (nSPS) is 11.9. The lowest BCUT2D eigenvalue weighted by Gasteiger charge is -2.15. The van der Waals surface area contributed by atoms with Gasteiger partial charge in [-0.15, -0.1) is 0 Å². The molecule has 4 heteroatoms. The van der Waals surface area contributed by atoms with Crippen LogP contribution in [0.3, 0.4) is 0 Å². The Bertz CT molecular complexity index is 581. The first-order chi connectivity index (χ1) is 9.08. The quantitative estimate of drug-likeness (QED) is 0.900. The summed E-state index contributed by atoms with van der Waals surface area (Å²) in [6, 6.07) is 13.6. The number of carbonyl (C=O) groups is 1. The number of carbonyl (C=O) groups excluding carboxylic acids is 1. The van der Waals surface area contributed by atoms with Gasteiger partial charge in [0.1, 0.15) is 5.75 Å². The van der Waals surface area contributed by atoms with Gasteiger partial charge in [-0.05, 0) is 36.8 Å². The van der Waals surface area contributed by atoms with Gasteiger partial charge in [0.2, 0.25) is 0 Å². The molecule has 0 unspecified atom stereocenters. The van der Waals surface area contributed by atoms with E-state index >= 15 is 0 Å². The molecular formula is C15H14ClNO2. The van der Waals surface area contributed by atoms with Crippen molar-refractivity contribution in [2.45, 2.75) is 13.0 Å². The molecular weight excluding hydrogens is 262 g/mol.